The minimum Gasteiger partial charge on any atom is -0.350 e. The maximum atomic E-state index is 13.0. The van der Waals surface area contributed by atoms with Gasteiger partial charge >= 0.3 is 0 Å². The first-order valence-electron chi connectivity index (χ1n) is 10.3. The van der Waals surface area contributed by atoms with E-state index in [0.29, 0.717) is 29.4 Å². The number of hydrogen-bond donors (Lipinski definition) is 1. The Morgan fingerprint density at radius 1 is 1.10 bits per heavy atom. The van der Waals surface area contributed by atoms with Crippen molar-refractivity contribution in [2.45, 2.75) is 44.4 Å². The van der Waals surface area contributed by atoms with Gasteiger partial charge in [0.05, 0.1) is 28.9 Å². The average Bonchev–Trinajstić information content (AvgIpc) is 3.23. The van der Waals surface area contributed by atoms with Crippen LogP contribution in [-0.4, -0.2) is 35.8 Å². The summed E-state index contributed by atoms with van der Waals surface area (Å²) in [5.74, 6) is 0.584. The topological polar surface area (TPSA) is 94.2 Å². The zero-order valence-corrected chi connectivity index (χ0v) is 18.1. The number of para-hydroxylation sites is 1. The number of hydrogen-bond acceptors (Lipinski definition) is 6. The third-order valence-electron chi connectivity index (χ3n) is 4.99. The number of nitrogens with one attached hydrogen (secondary N) is 1. The van der Waals surface area contributed by atoms with Crippen molar-refractivity contribution in [3.63, 3.8) is 0 Å². The normalized spacial score (nSPS) is 11.3. The molecule has 8 nitrogen and oxygen atoms in total. The summed E-state index contributed by atoms with van der Waals surface area (Å²) in [6.07, 6.45) is 4.71. The molecule has 4 rings (SSSR count). The Morgan fingerprint density at radius 2 is 1.94 bits per heavy atom. The van der Waals surface area contributed by atoms with Crippen molar-refractivity contribution in [1.82, 2.24) is 29.5 Å². The fourth-order valence-electron chi connectivity index (χ4n) is 3.42. The van der Waals surface area contributed by atoms with Crippen LogP contribution in [-0.2, 0) is 17.9 Å². The van der Waals surface area contributed by atoms with Gasteiger partial charge in [-0.1, -0.05) is 49.7 Å². The number of benzene rings is 1. The number of rotatable bonds is 9. The van der Waals surface area contributed by atoms with Crippen molar-refractivity contribution >= 4 is 34.3 Å². The van der Waals surface area contributed by atoms with Gasteiger partial charge in [0, 0.05) is 12.7 Å². The van der Waals surface area contributed by atoms with Crippen LogP contribution in [0.2, 0.25) is 0 Å². The molecule has 31 heavy (non-hydrogen) atoms. The lowest BCUT2D eigenvalue weighted by Gasteiger charge is -2.11. The molecule has 1 aromatic carbocycles. The van der Waals surface area contributed by atoms with E-state index in [1.165, 1.54) is 11.8 Å². The van der Waals surface area contributed by atoms with Crippen LogP contribution in [0.15, 0.2) is 58.6 Å². The van der Waals surface area contributed by atoms with E-state index < -0.39 is 0 Å². The minimum absolute atomic E-state index is 0.0590. The van der Waals surface area contributed by atoms with E-state index in [1.54, 1.807) is 10.8 Å². The van der Waals surface area contributed by atoms with Gasteiger partial charge in [0.1, 0.15) is 0 Å². The molecule has 0 saturated carbocycles. The molecule has 0 radical (unpaired) electrons. The molecular formula is C22H24N6O2S. The lowest BCUT2D eigenvalue weighted by molar-refractivity contribution is -0.118. The summed E-state index contributed by atoms with van der Waals surface area (Å²) < 4.78 is 3.57. The number of carbonyl (C=O) groups excluding carboxylic acids is 1. The number of unbranched alkanes of at least 4 members (excludes halogenated alkanes) is 2. The summed E-state index contributed by atoms with van der Waals surface area (Å²) in [5.41, 5.74) is 1.49. The lowest BCUT2D eigenvalue weighted by atomic mass is 10.2. The van der Waals surface area contributed by atoms with Gasteiger partial charge in [0.25, 0.3) is 5.56 Å². The molecule has 0 aliphatic rings. The zero-order valence-electron chi connectivity index (χ0n) is 17.3. The van der Waals surface area contributed by atoms with E-state index in [9.17, 15) is 9.59 Å². The SMILES string of the molecule is CCCCCn1c(=O)c2ccccc2n2c(SCC(=O)NCc3ccccn3)nnc12. The summed E-state index contributed by atoms with van der Waals surface area (Å²) in [6.45, 7) is 3.10. The quantitative estimate of drug-likeness (QED) is 0.320. The van der Waals surface area contributed by atoms with Crippen LogP contribution in [0.25, 0.3) is 16.7 Å². The third kappa shape index (κ3) is 4.61. The van der Waals surface area contributed by atoms with E-state index >= 15 is 0 Å². The van der Waals surface area contributed by atoms with Gasteiger partial charge in [0.15, 0.2) is 5.16 Å². The smallest absolute Gasteiger partial charge is 0.262 e. The molecule has 0 spiro atoms. The van der Waals surface area contributed by atoms with Crippen LogP contribution in [0.3, 0.4) is 0 Å². The number of pyridine rings is 1. The van der Waals surface area contributed by atoms with Crippen molar-refractivity contribution in [2.24, 2.45) is 0 Å². The Balaban J connectivity index is 1.58. The Bertz CT molecular complexity index is 1250. The minimum atomic E-state index is -0.118. The molecular weight excluding hydrogens is 412 g/mol. The second-order valence-corrected chi connectivity index (χ2v) is 8.13. The molecule has 3 aromatic heterocycles. The average molecular weight is 437 g/mol. The number of aryl methyl sites for hydroxylation is 1. The second-order valence-electron chi connectivity index (χ2n) is 7.19. The zero-order chi connectivity index (χ0) is 21.6. The molecule has 0 saturated heterocycles. The Kier molecular flexibility index (Phi) is 6.61. The highest BCUT2D eigenvalue weighted by molar-refractivity contribution is 7.99. The van der Waals surface area contributed by atoms with Gasteiger partial charge in [-0.15, -0.1) is 10.2 Å². The fourth-order valence-corrected chi connectivity index (χ4v) is 4.19. The Hall–Kier alpha value is -3.20. The number of nitrogens with zero attached hydrogens (tertiary/aromatic N) is 5. The molecule has 0 fully saturated rings. The summed E-state index contributed by atoms with van der Waals surface area (Å²) >= 11 is 1.30. The lowest BCUT2D eigenvalue weighted by Crippen LogP contribution is -2.25. The van der Waals surface area contributed by atoms with E-state index in [1.807, 2.05) is 46.9 Å². The maximum absolute atomic E-state index is 13.0. The molecule has 0 atom stereocenters. The Morgan fingerprint density at radius 3 is 2.74 bits per heavy atom. The third-order valence-corrected chi connectivity index (χ3v) is 5.92. The van der Waals surface area contributed by atoms with E-state index in [2.05, 4.69) is 27.4 Å². The summed E-state index contributed by atoms with van der Waals surface area (Å²) in [6, 6.07) is 13.0. The van der Waals surface area contributed by atoms with Crippen LogP contribution in [0.5, 0.6) is 0 Å². The molecule has 0 unspecified atom stereocenters. The van der Waals surface area contributed by atoms with Crippen molar-refractivity contribution in [2.75, 3.05) is 5.75 Å². The fraction of sp³-hybridized carbons (Fsp3) is 0.318. The van der Waals surface area contributed by atoms with Crippen LogP contribution < -0.4 is 10.9 Å². The molecule has 3 heterocycles. The maximum Gasteiger partial charge on any atom is 0.262 e. The molecule has 9 heteroatoms. The van der Waals surface area contributed by atoms with E-state index in [-0.39, 0.29) is 17.2 Å². The highest BCUT2D eigenvalue weighted by Gasteiger charge is 2.17. The summed E-state index contributed by atoms with van der Waals surface area (Å²) in [5, 5.41) is 12.7. The van der Waals surface area contributed by atoms with Gasteiger partial charge in [-0.3, -0.25) is 23.5 Å². The first-order chi connectivity index (χ1) is 15.2. The van der Waals surface area contributed by atoms with Crippen LogP contribution in [0, 0.1) is 0 Å². The standard InChI is InChI=1S/C22H24N6O2S/c1-2-3-8-13-27-20(30)17-10-4-5-11-18(17)28-21(27)25-26-22(28)31-15-19(29)24-14-16-9-6-7-12-23-16/h4-7,9-12H,2-3,8,13-15H2,1H3,(H,24,29). The van der Waals surface area contributed by atoms with Crippen molar-refractivity contribution < 1.29 is 4.79 Å². The molecule has 0 bridgehead atoms. The summed E-state index contributed by atoms with van der Waals surface area (Å²) in [4.78, 5) is 29.6. The van der Waals surface area contributed by atoms with Gasteiger partial charge in [-0.25, -0.2) is 0 Å². The van der Waals surface area contributed by atoms with Crippen molar-refractivity contribution in [3.8, 4) is 0 Å². The van der Waals surface area contributed by atoms with Gasteiger partial charge in [-0.2, -0.15) is 0 Å². The first-order valence-corrected chi connectivity index (χ1v) is 11.3. The van der Waals surface area contributed by atoms with Crippen LogP contribution >= 0.6 is 11.8 Å². The molecule has 0 aliphatic carbocycles. The predicted molar refractivity (Wildman–Crippen MR) is 121 cm³/mol. The summed E-state index contributed by atoms with van der Waals surface area (Å²) in [7, 11) is 0. The highest BCUT2D eigenvalue weighted by Crippen LogP contribution is 2.21. The van der Waals surface area contributed by atoms with E-state index in [4.69, 9.17) is 0 Å². The largest absolute Gasteiger partial charge is 0.350 e. The van der Waals surface area contributed by atoms with Crippen LogP contribution in [0.1, 0.15) is 31.9 Å². The number of fused-ring (bicyclic) bond motifs is 3. The van der Waals surface area contributed by atoms with Crippen LogP contribution in [0.4, 0.5) is 0 Å². The molecule has 4 aromatic rings. The van der Waals surface area contributed by atoms with Gasteiger partial charge in [-0.05, 0) is 30.7 Å². The second kappa shape index (κ2) is 9.74. The number of carbonyl (C=O) groups is 1. The first kappa shape index (κ1) is 21.0. The number of amides is 1. The predicted octanol–water partition coefficient (Wildman–Crippen LogP) is 3.04. The van der Waals surface area contributed by atoms with Gasteiger partial charge < -0.3 is 5.32 Å². The van der Waals surface area contributed by atoms with Crippen molar-refractivity contribution in [3.05, 3.63) is 64.7 Å². The molecule has 1 amide bonds. The van der Waals surface area contributed by atoms with Gasteiger partial charge in [0.2, 0.25) is 11.7 Å². The monoisotopic (exact) mass is 436 g/mol. The molecule has 160 valence electrons. The van der Waals surface area contributed by atoms with E-state index in [0.717, 1.165) is 30.5 Å². The van der Waals surface area contributed by atoms with Crippen molar-refractivity contribution in [1.29, 1.82) is 0 Å². The molecule has 0 aliphatic heterocycles. The highest BCUT2D eigenvalue weighted by atomic mass is 32.2. The Labute approximate surface area is 183 Å². The number of thioether (sulfide) groups is 1. The molecule has 1 N–H and O–H groups in total. The number of aromatic nitrogens is 5.